The molecule has 28 heavy (non-hydrogen) atoms. The minimum atomic E-state index is -0.266. The first kappa shape index (κ1) is 19.2. The lowest BCUT2D eigenvalue weighted by molar-refractivity contribution is -0.127. The molecule has 1 aromatic carbocycles. The molecule has 2 aliphatic rings. The number of nitrogens with zero attached hydrogens (tertiary/aromatic N) is 5. The number of anilines is 1. The molecule has 0 bridgehead atoms. The van der Waals surface area contributed by atoms with Gasteiger partial charge in [0, 0.05) is 32.7 Å². The van der Waals surface area contributed by atoms with Gasteiger partial charge in [-0.2, -0.15) is 0 Å². The monoisotopic (exact) mass is 403 g/mol. The maximum Gasteiger partial charge on any atom is 0.233 e. The number of amides is 1. The zero-order valence-corrected chi connectivity index (χ0v) is 17.0. The SMILES string of the molecule is CN(Cc1ccc(F)cc1)C(=O)CSc1nnc(N2CCCCC2)n1C1CC1. The van der Waals surface area contributed by atoms with E-state index in [-0.39, 0.29) is 11.7 Å². The average Bonchev–Trinajstić information content (AvgIpc) is 3.47. The number of hydrogen-bond donors (Lipinski definition) is 0. The van der Waals surface area contributed by atoms with Crippen LogP contribution in [0.15, 0.2) is 29.4 Å². The van der Waals surface area contributed by atoms with Gasteiger partial charge in [0.1, 0.15) is 5.82 Å². The minimum absolute atomic E-state index is 0.0270. The van der Waals surface area contributed by atoms with Gasteiger partial charge in [0.25, 0.3) is 0 Å². The molecule has 8 heteroatoms. The molecule has 1 saturated heterocycles. The number of carbonyl (C=O) groups excluding carboxylic acids is 1. The fourth-order valence-corrected chi connectivity index (χ4v) is 4.46. The summed E-state index contributed by atoms with van der Waals surface area (Å²) in [4.78, 5) is 16.6. The fourth-order valence-electron chi connectivity index (χ4n) is 3.52. The lowest BCUT2D eigenvalue weighted by Gasteiger charge is -2.27. The van der Waals surface area contributed by atoms with Crippen molar-refractivity contribution in [1.29, 1.82) is 0 Å². The van der Waals surface area contributed by atoms with Crippen LogP contribution in [0.25, 0.3) is 0 Å². The van der Waals surface area contributed by atoms with E-state index >= 15 is 0 Å². The smallest absolute Gasteiger partial charge is 0.233 e. The van der Waals surface area contributed by atoms with Crippen molar-refractivity contribution in [2.24, 2.45) is 0 Å². The van der Waals surface area contributed by atoms with E-state index in [1.165, 1.54) is 43.2 Å². The molecule has 2 aromatic rings. The number of carbonyl (C=O) groups is 1. The third-order valence-electron chi connectivity index (χ3n) is 5.28. The molecule has 2 heterocycles. The van der Waals surface area contributed by atoms with E-state index in [0.29, 0.717) is 18.3 Å². The summed E-state index contributed by atoms with van der Waals surface area (Å²) < 4.78 is 15.3. The Morgan fingerprint density at radius 1 is 1.18 bits per heavy atom. The van der Waals surface area contributed by atoms with Crippen molar-refractivity contribution < 1.29 is 9.18 Å². The fraction of sp³-hybridized carbons (Fsp3) is 0.550. The predicted octanol–water partition coefficient (Wildman–Crippen LogP) is 3.49. The molecule has 1 aliphatic heterocycles. The maximum atomic E-state index is 13.0. The number of thioether (sulfide) groups is 1. The molecule has 1 saturated carbocycles. The van der Waals surface area contributed by atoms with Crippen LogP contribution in [0, 0.1) is 5.82 Å². The Kier molecular flexibility index (Phi) is 5.85. The van der Waals surface area contributed by atoms with Crippen molar-refractivity contribution in [3.8, 4) is 0 Å². The van der Waals surface area contributed by atoms with Crippen LogP contribution in [-0.2, 0) is 11.3 Å². The summed E-state index contributed by atoms with van der Waals surface area (Å²) in [6.07, 6.45) is 6.00. The highest BCUT2D eigenvalue weighted by atomic mass is 32.2. The Morgan fingerprint density at radius 3 is 2.57 bits per heavy atom. The number of aromatic nitrogens is 3. The highest BCUT2D eigenvalue weighted by Crippen LogP contribution is 2.41. The van der Waals surface area contributed by atoms with Crippen molar-refractivity contribution in [1.82, 2.24) is 19.7 Å². The Bertz CT molecular complexity index is 815. The Hall–Kier alpha value is -2.09. The number of hydrogen-bond acceptors (Lipinski definition) is 5. The minimum Gasteiger partial charge on any atom is -0.341 e. The van der Waals surface area contributed by atoms with Crippen LogP contribution in [0.4, 0.5) is 10.3 Å². The van der Waals surface area contributed by atoms with E-state index in [1.807, 2.05) is 0 Å². The summed E-state index contributed by atoms with van der Waals surface area (Å²) >= 11 is 1.46. The first-order valence-electron chi connectivity index (χ1n) is 9.93. The standard InChI is InChI=1S/C20H26FN5OS/c1-24(13-15-5-7-16(21)8-6-15)18(27)14-28-20-23-22-19(26(20)17-9-10-17)25-11-3-2-4-12-25/h5-8,17H,2-4,9-14H2,1H3. The van der Waals surface area contributed by atoms with Gasteiger partial charge in [0.2, 0.25) is 11.9 Å². The van der Waals surface area contributed by atoms with Crippen LogP contribution in [0.2, 0.25) is 0 Å². The first-order chi connectivity index (χ1) is 13.6. The summed E-state index contributed by atoms with van der Waals surface area (Å²) in [6.45, 7) is 2.54. The van der Waals surface area contributed by atoms with E-state index in [2.05, 4.69) is 19.7 Å². The highest BCUT2D eigenvalue weighted by Gasteiger charge is 2.32. The molecular formula is C20H26FN5OS. The first-order valence-corrected chi connectivity index (χ1v) is 10.9. The summed E-state index contributed by atoms with van der Waals surface area (Å²) in [5.41, 5.74) is 0.913. The third-order valence-corrected chi connectivity index (χ3v) is 6.21. The lowest BCUT2D eigenvalue weighted by Crippen LogP contribution is -2.32. The number of piperidine rings is 1. The quantitative estimate of drug-likeness (QED) is 0.663. The summed E-state index contributed by atoms with van der Waals surface area (Å²) in [5.74, 6) is 1.05. The van der Waals surface area contributed by atoms with Crippen LogP contribution in [0.5, 0.6) is 0 Å². The third kappa shape index (κ3) is 4.48. The van der Waals surface area contributed by atoms with E-state index in [0.717, 1.165) is 42.6 Å². The average molecular weight is 404 g/mol. The molecule has 0 radical (unpaired) electrons. The van der Waals surface area contributed by atoms with Crippen molar-refractivity contribution in [2.75, 3.05) is 30.8 Å². The summed E-state index contributed by atoms with van der Waals surface area (Å²) in [6, 6.07) is 6.73. The zero-order chi connectivity index (χ0) is 19.5. The van der Waals surface area contributed by atoms with Crippen molar-refractivity contribution >= 4 is 23.6 Å². The molecule has 150 valence electrons. The topological polar surface area (TPSA) is 54.3 Å². The maximum absolute atomic E-state index is 13.0. The van der Waals surface area contributed by atoms with Crippen LogP contribution >= 0.6 is 11.8 Å². The van der Waals surface area contributed by atoms with Crippen molar-refractivity contribution in [2.45, 2.75) is 49.8 Å². The van der Waals surface area contributed by atoms with Gasteiger partial charge in [0.15, 0.2) is 5.16 Å². The predicted molar refractivity (Wildman–Crippen MR) is 108 cm³/mol. The van der Waals surface area contributed by atoms with Gasteiger partial charge >= 0.3 is 0 Å². The second-order valence-electron chi connectivity index (χ2n) is 7.60. The number of rotatable bonds is 7. The molecule has 0 atom stereocenters. The number of benzene rings is 1. The van der Waals surface area contributed by atoms with E-state index < -0.39 is 0 Å². The van der Waals surface area contributed by atoms with Crippen LogP contribution in [0.3, 0.4) is 0 Å². The van der Waals surface area contributed by atoms with E-state index in [9.17, 15) is 9.18 Å². The van der Waals surface area contributed by atoms with Gasteiger partial charge in [-0.05, 0) is 49.8 Å². The molecule has 1 aromatic heterocycles. The normalized spacial score (nSPS) is 17.0. The molecular weight excluding hydrogens is 377 g/mol. The van der Waals surface area contributed by atoms with Gasteiger partial charge in [0.05, 0.1) is 5.75 Å². The van der Waals surface area contributed by atoms with Crippen LogP contribution < -0.4 is 4.90 Å². The molecule has 0 N–H and O–H groups in total. The molecule has 4 rings (SSSR count). The highest BCUT2D eigenvalue weighted by molar-refractivity contribution is 7.99. The Balaban J connectivity index is 1.38. The molecule has 2 fully saturated rings. The van der Waals surface area contributed by atoms with E-state index in [4.69, 9.17) is 0 Å². The van der Waals surface area contributed by atoms with Crippen molar-refractivity contribution in [3.63, 3.8) is 0 Å². The number of halogens is 1. The van der Waals surface area contributed by atoms with Gasteiger partial charge in [-0.25, -0.2) is 4.39 Å². The summed E-state index contributed by atoms with van der Waals surface area (Å²) in [7, 11) is 1.77. The molecule has 1 aliphatic carbocycles. The van der Waals surface area contributed by atoms with E-state index in [1.54, 1.807) is 24.1 Å². The molecule has 0 unspecified atom stereocenters. The second-order valence-corrected chi connectivity index (χ2v) is 8.54. The van der Waals surface area contributed by atoms with Gasteiger partial charge < -0.3 is 9.80 Å². The van der Waals surface area contributed by atoms with Crippen LogP contribution in [-0.4, -0.2) is 51.5 Å². The van der Waals surface area contributed by atoms with Gasteiger partial charge in [-0.1, -0.05) is 23.9 Å². The largest absolute Gasteiger partial charge is 0.341 e. The van der Waals surface area contributed by atoms with Gasteiger partial charge in [-0.15, -0.1) is 10.2 Å². The van der Waals surface area contributed by atoms with Crippen molar-refractivity contribution in [3.05, 3.63) is 35.6 Å². The van der Waals surface area contributed by atoms with Gasteiger partial charge in [-0.3, -0.25) is 9.36 Å². The second kappa shape index (κ2) is 8.51. The zero-order valence-electron chi connectivity index (χ0n) is 16.2. The Morgan fingerprint density at radius 2 is 1.89 bits per heavy atom. The molecule has 0 spiro atoms. The Labute approximate surface area is 169 Å². The lowest BCUT2D eigenvalue weighted by atomic mass is 10.1. The molecule has 1 amide bonds. The molecule has 6 nitrogen and oxygen atoms in total. The van der Waals surface area contributed by atoms with Crippen LogP contribution in [0.1, 0.15) is 43.7 Å². The summed E-state index contributed by atoms with van der Waals surface area (Å²) in [5, 5.41) is 9.70.